The Morgan fingerprint density at radius 3 is 2.69 bits per heavy atom. The molecule has 0 amide bonds. The Morgan fingerprint density at radius 1 is 1.69 bits per heavy atom. The van der Waals surface area contributed by atoms with Gasteiger partial charge in [-0.25, -0.2) is 9.89 Å². The van der Waals surface area contributed by atoms with Crippen molar-refractivity contribution in [2.24, 2.45) is 0 Å². The van der Waals surface area contributed by atoms with Crippen LogP contribution in [-0.2, 0) is 4.79 Å². The van der Waals surface area contributed by atoms with Gasteiger partial charge in [0.1, 0.15) is 0 Å². The van der Waals surface area contributed by atoms with Crippen molar-refractivity contribution < 1.29 is 18.7 Å². The number of nitrogens with zero attached hydrogens (tertiary/aromatic N) is 2. The van der Waals surface area contributed by atoms with E-state index in [1.807, 2.05) is 0 Å². The van der Waals surface area contributed by atoms with Crippen LogP contribution in [0, 0.1) is 0 Å². The van der Waals surface area contributed by atoms with E-state index in [4.69, 9.17) is 10.8 Å². The van der Waals surface area contributed by atoms with Crippen LogP contribution in [-0.4, -0.2) is 31.5 Å². The largest absolute Gasteiger partial charge is 0.476 e. The molecule has 4 N–H and O–H groups in total. The molecule has 0 unspecified atom stereocenters. The molecular formula is C4H4F2N4O2S. The van der Waals surface area contributed by atoms with Gasteiger partial charge in [-0.05, 0) is 0 Å². The number of alkyl halides is 2. The van der Waals surface area contributed by atoms with E-state index in [0.717, 1.165) is 0 Å². The predicted molar refractivity (Wildman–Crippen MR) is 39.2 cm³/mol. The normalized spacial score (nSPS) is 11.5. The number of aromatic nitrogens is 3. The number of aliphatic carboxylic acids is 1. The second-order valence-electron chi connectivity index (χ2n) is 1.93. The smallest absolute Gasteiger partial charge is 0.395 e. The fourth-order valence-corrected chi connectivity index (χ4v) is 1.01. The summed E-state index contributed by atoms with van der Waals surface area (Å²) in [5.41, 5.74) is 5.04. The van der Waals surface area contributed by atoms with Crippen molar-refractivity contribution in [1.29, 1.82) is 0 Å². The molecule has 1 rings (SSSR count). The summed E-state index contributed by atoms with van der Waals surface area (Å²) in [6, 6.07) is 0. The van der Waals surface area contributed by atoms with Crippen LogP contribution in [0.2, 0.25) is 0 Å². The van der Waals surface area contributed by atoms with Crippen LogP contribution in [0.3, 0.4) is 0 Å². The minimum Gasteiger partial charge on any atom is -0.476 e. The lowest BCUT2D eigenvalue weighted by molar-refractivity contribution is -0.152. The molecule has 0 atom stereocenters. The Morgan fingerprint density at radius 2 is 2.31 bits per heavy atom. The van der Waals surface area contributed by atoms with Gasteiger partial charge in [-0.1, -0.05) is 0 Å². The van der Waals surface area contributed by atoms with Crippen molar-refractivity contribution in [3.63, 3.8) is 0 Å². The average molecular weight is 210 g/mol. The number of nitrogens with one attached hydrogen (secondary N) is 1. The van der Waals surface area contributed by atoms with Crippen molar-refractivity contribution in [3.8, 4) is 0 Å². The Bertz CT molecular complexity index is 328. The van der Waals surface area contributed by atoms with Gasteiger partial charge in [0.2, 0.25) is 11.1 Å². The molecule has 0 aliphatic heterocycles. The molecule has 0 aromatic carbocycles. The van der Waals surface area contributed by atoms with E-state index in [1.54, 1.807) is 0 Å². The summed E-state index contributed by atoms with van der Waals surface area (Å²) < 4.78 is 24.9. The number of carboxylic acid groups (broad SMARTS) is 1. The van der Waals surface area contributed by atoms with Crippen LogP contribution in [0.5, 0.6) is 0 Å². The number of carboxylic acids is 1. The topological polar surface area (TPSA) is 105 Å². The number of nitrogen functional groups attached to an aromatic ring is 1. The maximum Gasteiger partial charge on any atom is 0.395 e. The lowest BCUT2D eigenvalue weighted by atomic mass is 10.7. The van der Waals surface area contributed by atoms with Crippen LogP contribution in [0.4, 0.5) is 14.7 Å². The van der Waals surface area contributed by atoms with E-state index >= 15 is 0 Å². The summed E-state index contributed by atoms with van der Waals surface area (Å²) in [5.74, 6) is -2.40. The van der Waals surface area contributed by atoms with Crippen molar-refractivity contribution in [2.45, 2.75) is 10.4 Å². The minimum atomic E-state index is -3.95. The van der Waals surface area contributed by atoms with Gasteiger partial charge < -0.3 is 10.8 Å². The molecule has 6 nitrogen and oxygen atoms in total. The van der Waals surface area contributed by atoms with Crippen LogP contribution in [0.15, 0.2) is 5.16 Å². The third-order valence-corrected chi connectivity index (χ3v) is 1.75. The Labute approximate surface area is 74.5 Å². The number of hydrogen-bond acceptors (Lipinski definition) is 5. The van der Waals surface area contributed by atoms with Gasteiger partial charge in [-0.2, -0.15) is 13.8 Å². The molecule has 0 aliphatic rings. The van der Waals surface area contributed by atoms with Crippen LogP contribution in [0.1, 0.15) is 0 Å². The van der Waals surface area contributed by atoms with E-state index in [9.17, 15) is 13.6 Å². The Hall–Kier alpha value is -1.38. The highest BCUT2D eigenvalue weighted by Gasteiger charge is 2.41. The molecular weight excluding hydrogens is 206 g/mol. The average Bonchev–Trinajstić information content (AvgIpc) is 2.34. The molecule has 1 heterocycles. The van der Waals surface area contributed by atoms with E-state index < -0.39 is 16.4 Å². The van der Waals surface area contributed by atoms with E-state index in [2.05, 4.69) is 15.2 Å². The maximum atomic E-state index is 12.5. The fraction of sp³-hybridized carbons (Fsp3) is 0.250. The summed E-state index contributed by atoms with van der Waals surface area (Å²) in [6.45, 7) is 0. The van der Waals surface area contributed by atoms with E-state index in [1.165, 1.54) is 0 Å². The zero-order valence-electron chi connectivity index (χ0n) is 5.99. The zero-order chi connectivity index (χ0) is 10.1. The Kier molecular flexibility index (Phi) is 2.36. The molecule has 0 bridgehead atoms. The highest BCUT2D eigenvalue weighted by molar-refractivity contribution is 8.00. The first-order valence-corrected chi connectivity index (χ1v) is 3.71. The highest BCUT2D eigenvalue weighted by atomic mass is 32.2. The number of hydrogen-bond donors (Lipinski definition) is 3. The van der Waals surface area contributed by atoms with Crippen molar-refractivity contribution in [1.82, 2.24) is 15.2 Å². The van der Waals surface area contributed by atoms with Crippen molar-refractivity contribution in [2.75, 3.05) is 5.73 Å². The fourth-order valence-electron chi connectivity index (χ4n) is 0.462. The lowest BCUT2D eigenvalue weighted by Gasteiger charge is -2.05. The molecule has 0 saturated carbocycles. The predicted octanol–water partition coefficient (Wildman–Crippen LogP) is 0.156. The minimum absolute atomic E-state index is 0.149. The third kappa shape index (κ3) is 2.28. The molecule has 0 saturated heterocycles. The molecule has 0 radical (unpaired) electrons. The number of anilines is 1. The lowest BCUT2D eigenvalue weighted by Crippen LogP contribution is -2.23. The van der Waals surface area contributed by atoms with Gasteiger partial charge in [0, 0.05) is 11.8 Å². The summed E-state index contributed by atoms with van der Waals surface area (Å²) in [4.78, 5) is 13.3. The number of carbonyl (C=O) groups is 1. The quantitative estimate of drug-likeness (QED) is 0.613. The standard InChI is InChI=1S/C4H4F2N4O2S/c5-4(6,1(11)12)13-3-8-2(7)9-10-3/h(H,11,12)(H3,7,8,9,10). The number of nitrogens with two attached hydrogens (primary N) is 1. The number of rotatable bonds is 3. The number of H-pyrrole nitrogens is 1. The van der Waals surface area contributed by atoms with Crippen molar-refractivity contribution in [3.05, 3.63) is 0 Å². The van der Waals surface area contributed by atoms with Gasteiger partial charge in [0.05, 0.1) is 0 Å². The van der Waals surface area contributed by atoms with Gasteiger partial charge in [0.15, 0.2) is 0 Å². The first-order valence-electron chi connectivity index (χ1n) is 2.90. The van der Waals surface area contributed by atoms with Crippen molar-refractivity contribution >= 4 is 23.7 Å². The summed E-state index contributed by atoms with van der Waals surface area (Å²) in [7, 11) is 0. The van der Waals surface area contributed by atoms with Gasteiger partial charge in [-0.15, -0.1) is 5.10 Å². The second kappa shape index (κ2) is 3.17. The number of thioether (sulfide) groups is 1. The van der Waals surface area contributed by atoms with Gasteiger partial charge in [-0.3, -0.25) is 0 Å². The maximum absolute atomic E-state index is 12.5. The number of halogens is 2. The zero-order valence-corrected chi connectivity index (χ0v) is 6.81. The number of aromatic amines is 1. The molecule has 1 aromatic rings. The molecule has 13 heavy (non-hydrogen) atoms. The van der Waals surface area contributed by atoms with E-state index in [-0.39, 0.29) is 17.7 Å². The Balaban J connectivity index is 2.74. The first-order chi connectivity index (χ1) is 5.92. The monoisotopic (exact) mass is 210 g/mol. The molecule has 1 aromatic heterocycles. The summed E-state index contributed by atoms with van der Waals surface area (Å²) in [6.07, 6.45) is 0. The van der Waals surface area contributed by atoms with Crippen LogP contribution in [0.25, 0.3) is 0 Å². The SMILES string of the molecule is Nc1nc(SC(F)(F)C(=O)O)n[nH]1. The molecule has 0 fully saturated rings. The summed E-state index contributed by atoms with van der Waals surface area (Å²) in [5, 5.41) is 9.02. The van der Waals surface area contributed by atoms with Gasteiger partial charge in [0.25, 0.3) is 0 Å². The van der Waals surface area contributed by atoms with Crippen LogP contribution < -0.4 is 5.73 Å². The van der Waals surface area contributed by atoms with E-state index in [0.29, 0.717) is 0 Å². The highest BCUT2D eigenvalue weighted by Crippen LogP contribution is 2.33. The molecule has 9 heteroatoms. The van der Waals surface area contributed by atoms with Crippen LogP contribution >= 0.6 is 11.8 Å². The summed E-state index contributed by atoms with van der Waals surface area (Å²) >= 11 is -0.292. The van der Waals surface area contributed by atoms with Gasteiger partial charge >= 0.3 is 11.2 Å². The molecule has 0 aliphatic carbocycles. The first kappa shape index (κ1) is 9.71. The molecule has 72 valence electrons. The molecule has 0 spiro atoms. The second-order valence-corrected chi connectivity index (χ2v) is 3.01. The third-order valence-electron chi connectivity index (χ3n) is 0.951.